The van der Waals surface area contributed by atoms with Crippen molar-refractivity contribution in [2.24, 2.45) is 0 Å². The monoisotopic (exact) mass is 294 g/mol. The van der Waals surface area contributed by atoms with Gasteiger partial charge in [0, 0.05) is 7.05 Å². The van der Waals surface area contributed by atoms with Gasteiger partial charge >= 0.3 is 6.18 Å². The average Bonchev–Trinajstić information content (AvgIpc) is 2.89. The van der Waals surface area contributed by atoms with Gasteiger partial charge in [0.1, 0.15) is 6.07 Å². The van der Waals surface area contributed by atoms with Crippen LogP contribution in [0.5, 0.6) is 0 Å². The lowest BCUT2D eigenvalue weighted by Gasteiger charge is -2.09. The fourth-order valence-corrected chi connectivity index (χ4v) is 1.77. The van der Waals surface area contributed by atoms with Crippen molar-refractivity contribution < 1.29 is 18.0 Å². The van der Waals surface area contributed by atoms with Crippen LogP contribution in [-0.2, 0) is 6.18 Å². The average molecular weight is 294 g/mol. The molecule has 0 aliphatic rings. The molecule has 0 spiro atoms. The Hall–Kier alpha value is -2.82. The second-order valence-electron chi connectivity index (χ2n) is 4.06. The third-order valence-electron chi connectivity index (χ3n) is 2.76. The first kappa shape index (κ1) is 14.6. The molecule has 0 bridgehead atoms. The van der Waals surface area contributed by atoms with E-state index >= 15 is 0 Å². The number of nitrogens with zero attached hydrogens (tertiary/aromatic N) is 3. The second kappa shape index (κ2) is 5.28. The molecule has 0 saturated carbocycles. The van der Waals surface area contributed by atoms with Gasteiger partial charge in [-0.25, -0.2) is 4.68 Å². The number of nitriles is 1. The van der Waals surface area contributed by atoms with Crippen molar-refractivity contribution in [3.8, 4) is 11.8 Å². The van der Waals surface area contributed by atoms with Crippen LogP contribution in [0.2, 0.25) is 0 Å². The highest BCUT2D eigenvalue weighted by Crippen LogP contribution is 2.30. The zero-order valence-electron chi connectivity index (χ0n) is 10.8. The molecule has 1 N–H and O–H groups in total. The maximum atomic E-state index is 12.7. The number of alkyl halides is 3. The molecule has 5 nitrogen and oxygen atoms in total. The number of rotatable bonds is 2. The van der Waals surface area contributed by atoms with Crippen LogP contribution in [0.4, 0.5) is 13.2 Å². The zero-order chi connectivity index (χ0) is 15.6. The SMILES string of the molecule is CNC(=O)c1cnn(-c2cccc(C(F)(F)F)c2)c1C#N. The van der Waals surface area contributed by atoms with Gasteiger partial charge in [0.15, 0.2) is 5.69 Å². The molecule has 0 unspecified atom stereocenters. The van der Waals surface area contributed by atoms with Crippen LogP contribution in [0, 0.1) is 11.3 Å². The van der Waals surface area contributed by atoms with Crippen molar-refractivity contribution in [3.05, 3.63) is 47.3 Å². The van der Waals surface area contributed by atoms with Gasteiger partial charge in [0.05, 0.1) is 23.0 Å². The van der Waals surface area contributed by atoms with Crippen LogP contribution in [-0.4, -0.2) is 22.7 Å². The van der Waals surface area contributed by atoms with Crippen molar-refractivity contribution in [1.82, 2.24) is 15.1 Å². The Kier molecular flexibility index (Phi) is 3.67. The lowest BCUT2D eigenvalue weighted by Crippen LogP contribution is -2.18. The highest BCUT2D eigenvalue weighted by atomic mass is 19.4. The second-order valence-corrected chi connectivity index (χ2v) is 4.06. The molecule has 0 aliphatic heterocycles. The van der Waals surface area contributed by atoms with Crippen molar-refractivity contribution in [1.29, 1.82) is 5.26 Å². The van der Waals surface area contributed by atoms with Crippen molar-refractivity contribution in [3.63, 3.8) is 0 Å². The molecule has 0 saturated heterocycles. The van der Waals surface area contributed by atoms with Gasteiger partial charge in [0.2, 0.25) is 0 Å². The predicted molar refractivity (Wildman–Crippen MR) is 66.7 cm³/mol. The number of amides is 1. The minimum atomic E-state index is -4.50. The molecule has 1 amide bonds. The van der Waals surface area contributed by atoms with Crippen LogP contribution in [0.1, 0.15) is 21.6 Å². The topological polar surface area (TPSA) is 70.7 Å². The Morgan fingerprint density at radius 3 is 2.71 bits per heavy atom. The largest absolute Gasteiger partial charge is 0.416 e. The molecule has 0 atom stereocenters. The van der Waals surface area contributed by atoms with E-state index in [9.17, 15) is 18.0 Å². The van der Waals surface area contributed by atoms with Gasteiger partial charge in [-0.1, -0.05) is 6.07 Å². The van der Waals surface area contributed by atoms with Gasteiger partial charge in [-0.05, 0) is 18.2 Å². The number of hydrogen-bond donors (Lipinski definition) is 1. The van der Waals surface area contributed by atoms with E-state index in [1.807, 2.05) is 0 Å². The molecule has 2 aromatic rings. The number of nitrogens with one attached hydrogen (secondary N) is 1. The van der Waals surface area contributed by atoms with Gasteiger partial charge in [0.25, 0.3) is 5.91 Å². The van der Waals surface area contributed by atoms with Crippen LogP contribution in [0.3, 0.4) is 0 Å². The summed E-state index contributed by atoms with van der Waals surface area (Å²) < 4.78 is 39.1. The maximum absolute atomic E-state index is 12.7. The van der Waals surface area contributed by atoms with Crippen LogP contribution < -0.4 is 5.32 Å². The first-order valence-corrected chi connectivity index (χ1v) is 5.76. The van der Waals surface area contributed by atoms with Gasteiger partial charge in [-0.15, -0.1) is 0 Å². The Morgan fingerprint density at radius 2 is 2.14 bits per heavy atom. The summed E-state index contributed by atoms with van der Waals surface area (Å²) in [5.41, 5.74) is -0.941. The Morgan fingerprint density at radius 1 is 1.43 bits per heavy atom. The summed E-state index contributed by atoms with van der Waals surface area (Å²) in [7, 11) is 1.38. The molecule has 8 heteroatoms. The Labute approximate surface area is 117 Å². The molecule has 0 aliphatic carbocycles. The highest BCUT2D eigenvalue weighted by Gasteiger charge is 2.31. The van der Waals surface area contributed by atoms with Crippen LogP contribution in [0.25, 0.3) is 5.69 Å². The van der Waals surface area contributed by atoms with E-state index in [2.05, 4.69) is 10.4 Å². The van der Waals surface area contributed by atoms with E-state index in [1.54, 1.807) is 6.07 Å². The summed E-state index contributed by atoms with van der Waals surface area (Å²) >= 11 is 0. The molecule has 21 heavy (non-hydrogen) atoms. The summed E-state index contributed by atoms with van der Waals surface area (Å²) in [4.78, 5) is 11.6. The van der Waals surface area contributed by atoms with Gasteiger partial charge in [-0.2, -0.15) is 23.5 Å². The van der Waals surface area contributed by atoms with E-state index in [0.717, 1.165) is 23.0 Å². The van der Waals surface area contributed by atoms with Crippen LogP contribution >= 0.6 is 0 Å². The summed E-state index contributed by atoms with van der Waals surface area (Å²) in [5, 5.41) is 15.3. The molecule has 0 fully saturated rings. The number of hydrogen-bond acceptors (Lipinski definition) is 3. The fourth-order valence-electron chi connectivity index (χ4n) is 1.77. The van der Waals surface area contributed by atoms with E-state index in [4.69, 9.17) is 5.26 Å². The molecule has 108 valence electrons. The summed E-state index contributed by atoms with van der Waals surface area (Å²) in [6, 6.07) is 6.13. The zero-order valence-corrected chi connectivity index (χ0v) is 10.8. The first-order chi connectivity index (χ1) is 9.88. The molecule has 1 aromatic carbocycles. The Bertz CT molecular complexity index is 728. The maximum Gasteiger partial charge on any atom is 0.416 e. The third kappa shape index (κ3) is 2.72. The highest BCUT2D eigenvalue weighted by molar-refractivity contribution is 5.95. The minimum absolute atomic E-state index is 0.00240. The van der Waals surface area contributed by atoms with Crippen LogP contribution in [0.15, 0.2) is 30.5 Å². The van der Waals surface area contributed by atoms with Gasteiger partial charge < -0.3 is 5.32 Å². The smallest absolute Gasteiger partial charge is 0.355 e. The number of benzene rings is 1. The number of carbonyl (C=O) groups excluding carboxylic acids is 1. The van der Waals surface area contributed by atoms with E-state index in [-0.39, 0.29) is 16.9 Å². The summed E-state index contributed by atoms with van der Waals surface area (Å²) in [5.74, 6) is -0.537. The summed E-state index contributed by atoms with van der Waals surface area (Å²) in [6.45, 7) is 0. The van der Waals surface area contributed by atoms with E-state index in [0.29, 0.717) is 0 Å². The molecule has 1 heterocycles. The van der Waals surface area contributed by atoms with Crippen molar-refractivity contribution in [2.45, 2.75) is 6.18 Å². The molecule has 0 radical (unpaired) electrons. The molecular weight excluding hydrogens is 285 g/mol. The molecular formula is C13H9F3N4O. The quantitative estimate of drug-likeness (QED) is 0.922. The Balaban J connectivity index is 2.56. The number of halogens is 3. The third-order valence-corrected chi connectivity index (χ3v) is 2.76. The first-order valence-electron chi connectivity index (χ1n) is 5.76. The van der Waals surface area contributed by atoms with Crippen molar-refractivity contribution >= 4 is 5.91 Å². The van der Waals surface area contributed by atoms with Crippen molar-refractivity contribution in [2.75, 3.05) is 7.05 Å². The molecule has 2 rings (SSSR count). The molecule has 1 aromatic heterocycles. The van der Waals surface area contributed by atoms with E-state index < -0.39 is 17.6 Å². The fraction of sp³-hybridized carbons (Fsp3) is 0.154. The predicted octanol–water partition coefficient (Wildman–Crippen LogP) is 2.12. The van der Waals surface area contributed by atoms with E-state index in [1.165, 1.54) is 19.2 Å². The summed E-state index contributed by atoms with van der Waals surface area (Å²) in [6.07, 6.45) is -3.36. The lowest BCUT2D eigenvalue weighted by molar-refractivity contribution is -0.137. The minimum Gasteiger partial charge on any atom is -0.355 e. The van der Waals surface area contributed by atoms with Gasteiger partial charge in [-0.3, -0.25) is 4.79 Å². The number of aromatic nitrogens is 2. The lowest BCUT2D eigenvalue weighted by atomic mass is 10.2. The normalized spacial score (nSPS) is 11.0. The number of carbonyl (C=O) groups is 1. The standard InChI is InChI=1S/C13H9F3N4O/c1-18-12(21)10-7-19-20(11(10)6-17)9-4-2-3-8(5-9)13(14,15)16/h2-5,7H,1H3,(H,18,21).